The fourth-order valence-corrected chi connectivity index (χ4v) is 5.70. The highest BCUT2D eigenvalue weighted by atomic mass is 19.1. The predicted octanol–water partition coefficient (Wildman–Crippen LogP) is 4.51. The van der Waals surface area contributed by atoms with Crippen LogP contribution in [0.2, 0.25) is 0 Å². The summed E-state index contributed by atoms with van der Waals surface area (Å²) in [5.41, 5.74) is 1.81. The molecule has 1 aromatic carbocycles. The third-order valence-electron chi connectivity index (χ3n) is 8.23. The zero-order chi connectivity index (χ0) is 23.1. The molecule has 1 saturated heterocycles. The van der Waals surface area contributed by atoms with Crippen molar-refractivity contribution in [1.29, 1.82) is 0 Å². The maximum absolute atomic E-state index is 14.1. The van der Waals surface area contributed by atoms with Crippen LogP contribution in [-0.4, -0.2) is 79.0 Å². The molecule has 1 aliphatic heterocycles. The molecular weight excluding hydrogens is 403 g/mol. The molecule has 1 heterocycles. The standard InChI is InChI=1S/C26H39FN4O/c1-20(28(2)3)11-16-30-19-25(31(24(30)32)18-21-9-10-21)12-14-26(15-13-25,29(4)5)22-7-6-8-23(27)17-22/h6-8,17,21H,1,9-16,18-19H2,2-5H3/t25-,26+. The molecule has 1 spiro atoms. The van der Waals surface area contributed by atoms with Crippen LogP contribution in [0.5, 0.6) is 0 Å². The third kappa shape index (κ3) is 4.26. The molecule has 0 unspecified atom stereocenters. The molecule has 0 N–H and O–H groups in total. The van der Waals surface area contributed by atoms with Crippen LogP contribution in [0.25, 0.3) is 0 Å². The van der Waals surface area contributed by atoms with Crippen molar-refractivity contribution in [3.8, 4) is 0 Å². The number of hydrogen-bond donors (Lipinski definition) is 0. The molecule has 2 saturated carbocycles. The Hall–Kier alpha value is -2.08. The van der Waals surface area contributed by atoms with Gasteiger partial charge in [-0.1, -0.05) is 18.7 Å². The smallest absolute Gasteiger partial charge is 0.320 e. The van der Waals surface area contributed by atoms with E-state index in [1.807, 2.05) is 25.1 Å². The van der Waals surface area contributed by atoms with E-state index in [-0.39, 0.29) is 22.9 Å². The first-order valence-electron chi connectivity index (χ1n) is 12.0. The van der Waals surface area contributed by atoms with Gasteiger partial charge in [-0.15, -0.1) is 0 Å². The van der Waals surface area contributed by atoms with Gasteiger partial charge in [0.05, 0.1) is 5.54 Å². The highest BCUT2D eigenvalue weighted by molar-refractivity contribution is 5.78. The Kier molecular flexibility index (Phi) is 6.27. The van der Waals surface area contributed by atoms with Crippen molar-refractivity contribution in [3.63, 3.8) is 0 Å². The molecule has 2 amide bonds. The van der Waals surface area contributed by atoms with Crippen LogP contribution in [-0.2, 0) is 5.54 Å². The number of urea groups is 1. The SMILES string of the molecule is C=C(CCN1C[C@]2(CC[C@](c3cccc(F)c3)(N(C)C)CC2)N(CC2CC2)C1=O)N(C)C. The molecule has 0 bridgehead atoms. The van der Waals surface area contributed by atoms with E-state index in [2.05, 4.69) is 41.4 Å². The van der Waals surface area contributed by atoms with E-state index >= 15 is 0 Å². The highest BCUT2D eigenvalue weighted by Gasteiger charge is 2.55. The summed E-state index contributed by atoms with van der Waals surface area (Å²) in [5.74, 6) is 0.485. The minimum Gasteiger partial charge on any atom is -0.381 e. The first-order valence-corrected chi connectivity index (χ1v) is 12.0. The minimum atomic E-state index is -0.186. The van der Waals surface area contributed by atoms with Crippen LogP contribution in [0.3, 0.4) is 0 Å². The number of carbonyl (C=O) groups excluding carboxylic acids is 1. The third-order valence-corrected chi connectivity index (χ3v) is 8.23. The molecule has 6 heteroatoms. The molecule has 3 aliphatic rings. The van der Waals surface area contributed by atoms with Crippen LogP contribution in [0.15, 0.2) is 36.5 Å². The number of benzene rings is 1. The number of carbonyl (C=O) groups is 1. The Bertz CT molecular complexity index is 855. The first kappa shape index (κ1) is 23.1. The van der Waals surface area contributed by atoms with E-state index in [0.717, 1.165) is 63.0 Å². The summed E-state index contributed by atoms with van der Waals surface area (Å²) in [4.78, 5) is 22.0. The predicted molar refractivity (Wildman–Crippen MR) is 127 cm³/mol. The normalized spacial score (nSPS) is 28.1. The van der Waals surface area contributed by atoms with E-state index < -0.39 is 0 Å². The van der Waals surface area contributed by atoms with Crippen LogP contribution < -0.4 is 0 Å². The molecular formula is C26H39FN4O. The Morgan fingerprint density at radius 2 is 1.84 bits per heavy atom. The second kappa shape index (κ2) is 8.69. The number of amides is 2. The lowest BCUT2D eigenvalue weighted by Crippen LogP contribution is -2.55. The maximum atomic E-state index is 14.1. The lowest BCUT2D eigenvalue weighted by atomic mass is 9.68. The fraction of sp³-hybridized carbons (Fsp3) is 0.654. The summed E-state index contributed by atoms with van der Waals surface area (Å²) in [6.45, 7) is 6.55. The van der Waals surface area contributed by atoms with Crippen LogP contribution in [0.1, 0.15) is 50.5 Å². The van der Waals surface area contributed by atoms with Crippen molar-refractivity contribution in [1.82, 2.24) is 19.6 Å². The van der Waals surface area contributed by atoms with E-state index in [1.165, 1.54) is 18.9 Å². The largest absolute Gasteiger partial charge is 0.381 e. The van der Waals surface area contributed by atoms with Crippen LogP contribution in [0.4, 0.5) is 9.18 Å². The fourth-order valence-electron chi connectivity index (χ4n) is 5.70. The van der Waals surface area contributed by atoms with Gasteiger partial charge in [0.1, 0.15) is 5.82 Å². The molecule has 1 aromatic rings. The maximum Gasteiger partial charge on any atom is 0.320 e. The highest BCUT2D eigenvalue weighted by Crippen LogP contribution is 2.50. The van der Waals surface area contributed by atoms with Gasteiger partial charge in [-0.2, -0.15) is 0 Å². The average molecular weight is 443 g/mol. The second-order valence-electron chi connectivity index (χ2n) is 10.6. The zero-order valence-corrected chi connectivity index (χ0v) is 20.2. The lowest BCUT2D eigenvalue weighted by Gasteiger charge is -2.51. The molecule has 4 rings (SSSR count). The van der Waals surface area contributed by atoms with Crippen molar-refractivity contribution in [2.24, 2.45) is 5.92 Å². The minimum absolute atomic E-state index is 0.105. The number of nitrogens with zero attached hydrogens (tertiary/aromatic N) is 4. The van der Waals surface area contributed by atoms with Crippen molar-refractivity contribution >= 4 is 6.03 Å². The molecule has 0 aromatic heterocycles. The van der Waals surface area contributed by atoms with Crippen molar-refractivity contribution < 1.29 is 9.18 Å². The van der Waals surface area contributed by atoms with Gasteiger partial charge in [-0.3, -0.25) is 4.90 Å². The molecule has 2 aliphatic carbocycles. The van der Waals surface area contributed by atoms with Gasteiger partial charge in [0, 0.05) is 51.4 Å². The number of rotatable bonds is 8. The van der Waals surface area contributed by atoms with Gasteiger partial charge in [-0.25, -0.2) is 9.18 Å². The van der Waals surface area contributed by atoms with Crippen LogP contribution >= 0.6 is 0 Å². The van der Waals surface area contributed by atoms with E-state index in [4.69, 9.17) is 0 Å². The Morgan fingerprint density at radius 3 is 2.41 bits per heavy atom. The van der Waals surface area contributed by atoms with Gasteiger partial charge in [0.25, 0.3) is 0 Å². The van der Waals surface area contributed by atoms with Gasteiger partial charge in [0.15, 0.2) is 0 Å². The van der Waals surface area contributed by atoms with Gasteiger partial charge >= 0.3 is 6.03 Å². The first-order chi connectivity index (χ1) is 15.2. The molecule has 5 nitrogen and oxygen atoms in total. The molecule has 32 heavy (non-hydrogen) atoms. The summed E-state index contributed by atoms with van der Waals surface area (Å²) >= 11 is 0. The summed E-state index contributed by atoms with van der Waals surface area (Å²) in [5, 5.41) is 0. The molecule has 3 fully saturated rings. The van der Waals surface area contributed by atoms with Crippen molar-refractivity contribution in [2.45, 2.75) is 56.0 Å². The molecule has 0 radical (unpaired) electrons. The number of halogens is 1. The van der Waals surface area contributed by atoms with Gasteiger partial charge < -0.3 is 14.7 Å². The lowest BCUT2D eigenvalue weighted by molar-refractivity contribution is 0.0232. The van der Waals surface area contributed by atoms with Crippen LogP contribution in [0, 0.1) is 11.7 Å². The summed E-state index contributed by atoms with van der Waals surface area (Å²) in [6, 6.07) is 7.29. The quantitative estimate of drug-likeness (QED) is 0.593. The molecule has 176 valence electrons. The van der Waals surface area contributed by atoms with E-state index in [0.29, 0.717) is 5.92 Å². The Labute approximate surface area is 192 Å². The molecule has 0 atom stereocenters. The second-order valence-corrected chi connectivity index (χ2v) is 10.6. The van der Waals surface area contributed by atoms with E-state index in [1.54, 1.807) is 6.07 Å². The summed E-state index contributed by atoms with van der Waals surface area (Å²) in [7, 11) is 8.21. The summed E-state index contributed by atoms with van der Waals surface area (Å²) < 4.78 is 14.1. The zero-order valence-electron chi connectivity index (χ0n) is 20.2. The Balaban J connectivity index is 1.55. The van der Waals surface area contributed by atoms with Crippen molar-refractivity contribution in [2.75, 3.05) is 47.8 Å². The average Bonchev–Trinajstić information content (AvgIpc) is 3.54. The summed E-state index contributed by atoms with van der Waals surface area (Å²) in [6.07, 6.45) is 7.03. The van der Waals surface area contributed by atoms with Gasteiger partial charge in [-0.05, 0) is 76.2 Å². The Morgan fingerprint density at radius 1 is 1.16 bits per heavy atom. The topological polar surface area (TPSA) is 30.0 Å². The van der Waals surface area contributed by atoms with E-state index in [9.17, 15) is 9.18 Å². The number of hydrogen-bond acceptors (Lipinski definition) is 3. The van der Waals surface area contributed by atoms with Crippen molar-refractivity contribution in [3.05, 3.63) is 47.9 Å². The monoisotopic (exact) mass is 442 g/mol. The van der Waals surface area contributed by atoms with Gasteiger partial charge in [0.2, 0.25) is 0 Å².